The molecule has 1 aliphatic heterocycles. The molecule has 0 spiro atoms. The molecule has 0 aromatic heterocycles. The van der Waals surface area contributed by atoms with Crippen LogP contribution in [0.4, 0.5) is 0 Å². The molecule has 1 N–H and O–H groups in total. The van der Waals surface area contributed by atoms with Gasteiger partial charge in [0, 0.05) is 19.5 Å². The van der Waals surface area contributed by atoms with Crippen LogP contribution in [0.15, 0.2) is 35.5 Å². The van der Waals surface area contributed by atoms with Gasteiger partial charge in [0.15, 0.2) is 0 Å². The van der Waals surface area contributed by atoms with Crippen molar-refractivity contribution >= 4 is 5.71 Å². The van der Waals surface area contributed by atoms with Crippen molar-refractivity contribution < 1.29 is 9.94 Å². The molecule has 4 heteroatoms. The SMILES string of the molecule is CCCC(O)CN(CC)CC1CC(c2ccccc2)=NO1. The summed E-state index contributed by atoms with van der Waals surface area (Å²) in [7, 11) is 0. The molecule has 1 aromatic carbocycles. The van der Waals surface area contributed by atoms with Crippen LogP contribution in [-0.2, 0) is 4.84 Å². The maximum atomic E-state index is 9.94. The van der Waals surface area contributed by atoms with Gasteiger partial charge >= 0.3 is 0 Å². The van der Waals surface area contributed by atoms with Crippen LogP contribution < -0.4 is 0 Å². The van der Waals surface area contributed by atoms with Gasteiger partial charge in [-0.15, -0.1) is 0 Å². The molecule has 0 bridgehead atoms. The average molecular weight is 290 g/mol. The van der Waals surface area contributed by atoms with E-state index in [4.69, 9.17) is 4.84 Å². The van der Waals surface area contributed by atoms with Gasteiger partial charge in [-0.05, 0) is 18.5 Å². The van der Waals surface area contributed by atoms with Crippen LogP contribution in [0.5, 0.6) is 0 Å². The Morgan fingerprint density at radius 2 is 2.10 bits per heavy atom. The minimum Gasteiger partial charge on any atom is -0.392 e. The third-order valence-electron chi connectivity index (χ3n) is 3.84. The van der Waals surface area contributed by atoms with E-state index in [1.54, 1.807) is 0 Å². The van der Waals surface area contributed by atoms with Crippen molar-refractivity contribution in [3.05, 3.63) is 35.9 Å². The number of rotatable bonds is 8. The molecule has 2 rings (SSSR count). The van der Waals surface area contributed by atoms with Crippen molar-refractivity contribution in [3.63, 3.8) is 0 Å². The summed E-state index contributed by atoms with van der Waals surface area (Å²) in [6, 6.07) is 10.2. The Morgan fingerprint density at radius 1 is 1.33 bits per heavy atom. The smallest absolute Gasteiger partial charge is 0.145 e. The molecule has 4 nitrogen and oxygen atoms in total. The van der Waals surface area contributed by atoms with E-state index >= 15 is 0 Å². The summed E-state index contributed by atoms with van der Waals surface area (Å²) in [5.74, 6) is 0. The summed E-state index contributed by atoms with van der Waals surface area (Å²) in [6.45, 7) is 6.66. The molecular weight excluding hydrogens is 264 g/mol. The lowest BCUT2D eigenvalue weighted by molar-refractivity contribution is 0.0353. The second-order valence-electron chi connectivity index (χ2n) is 5.63. The first-order valence-corrected chi connectivity index (χ1v) is 7.91. The quantitative estimate of drug-likeness (QED) is 0.800. The lowest BCUT2D eigenvalue weighted by Crippen LogP contribution is -2.38. The second kappa shape index (κ2) is 8.15. The fourth-order valence-corrected chi connectivity index (χ4v) is 2.67. The summed E-state index contributed by atoms with van der Waals surface area (Å²) in [5.41, 5.74) is 2.15. The van der Waals surface area contributed by atoms with Gasteiger partial charge in [-0.25, -0.2) is 0 Å². The van der Waals surface area contributed by atoms with Crippen LogP contribution in [0.3, 0.4) is 0 Å². The molecule has 2 unspecified atom stereocenters. The van der Waals surface area contributed by atoms with Crippen LogP contribution in [0.2, 0.25) is 0 Å². The van der Waals surface area contributed by atoms with Crippen molar-refractivity contribution in [1.82, 2.24) is 4.90 Å². The molecule has 21 heavy (non-hydrogen) atoms. The van der Waals surface area contributed by atoms with Crippen LogP contribution in [-0.4, -0.2) is 47.6 Å². The zero-order valence-electron chi connectivity index (χ0n) is 13.0. The van der Waals surface area contributed by atoms with Crippen molar-refractivity contribution in [2.45, 2.75) is 45.3 Å². The zero-order chi connectivity index (χ0) is 15.1. The molecular formula is C17H26N2O2. The first-order chi connectivity index (χ1) is 10.2. The lowest BCUT2D eigenvalue weighted by atomic mass is 10.0. The van der Waals surface area contributed by atoms with E-state index in [0.717, 1.165) is 43.6 Å². The Balaban J connectivity index is 1.82. The Morgan fingerprint density at radius 3 is 2.76 bits per heavy atom. The lowest BCUT2D eigenvalue weighted by Gasteiger charge is -2.25. The minimum atomic E-state index is -0.245. The van der Waals surface area contributed by atoms with E-state index < -0.39 is 0 Å². The average Bonchev–Trinajstić information content (AvgIpc) is 2.96. The van der Waals surface area contributed by atoms with Gasteiger partial charge in [-0.2, -0.15) is 0 Å². The van der Waals surface area contributed by atoms with Crippen LogP contribution >= 0.6 is 0 Å². The van der Waals surface area contributed by atoms with Gasteiger partial charge in [0.2, 0.25) is 0 Å². The van der Waals surface area contributed by atoms with Crippen LogP contribution in [0.25, 0.3) is 0 Å². The minimum absolute atomic E-state index is 0.0917. The summed E-state index contributed by atoms with van der Waals surface area (Å²) >= 11 is 0. The van der Waals surface area contributed by atoms with Crippen molar-refractivity contribution in [1.29, 1.82) is 0 Å². The zero-order valence-corrected chi connectivity index (χ0v) is 13.0. The fraction of sp³-hybridized carbons (Fsp3) is 0.588. The van der Waals surface area contributed by atoms with E-state index in [0.29, 0.717) is 6.54 Å². The van der Waals surface area contributed by atoms with Crippen molar-refractivity contribution in [2.75, 3.05) is 19.6 Å². The number of oxime groups is 1. The van der Waals surface area contributed by atoms with Crippen molar-refractivity contribution in [3.8, 4) is 0 Å². The number of aliphatic hydroxyl groups is 1. The highest BCUT2D eigenvalue weighted by Crippen LogP contribution is 2.17. The summed E-state index contributed by atoms with van der Waals surface area (Å²) < 4.78 is 0. The number of likely N-dealkylation sites (N-methyl/N-ethyl adjacent to an activating group) is 1. The van der Waals surface area contributed by atoms with Gasteiger partial charge in [0.25, 0.3) is 0 Å². The first kappa shape index (κ1) is 16.0. The van der Waals surface area contributed by atoms with Gasteiger partial charge in [0.05, 0.1) is 11.8 Å². The van der Waals surface area contributed by atoms with Gasteiger partial charge in [-0.1, -0.05) is 55.8 Å². The predicted octanol–water partition coefficient (Wildman–Crippen LogP) is 2.66. The normalized spacial score (nSPS) is 19.4. The van der Waals surface area contributed by atoms with Gasteiger partial charge < -0.3 is 9.94 Å². The third kappa shape index (κ3) is 4.83. The number of hydrogen-bond acceptors (Lipinski definition) is 4. The summed E-state index contributed by atoms with van der Waals surface area (Å²) in [6.07, 6.45) is 2.55. The predicted molar refractivity (Wildman–Crippen MR) is 85.5 cm³/mol. The van der Waals surface area contributed by atoms with E-state index in [1.807, 2.05) is 18.2 Å². The molecule has 2 atom stereocenters. The van der Waals surface area contributed by atoms with Gasteiger partial charge in [0.1, 0.15) is 6.10 Å². The highest BCUT2D eigenvalue weighted by Gasteiger charge is 2.24. The van der Waals surface area contributed by atoms with Crippen LogP contribution in [0, 0.1) is 0 Å². The number of hydrogen-bond donors (Lipinski definition) is 1. The summed E-state index contributed by atoms with van der Waals surface area (Å²) in [4.78, 5) is 7.80. The first-order valence-electron chi connectivity index (χ1n) is 7.91. The standard InChI is InChI=1S/C17H26N2O2/c1-3-8-15(20)12-19(4-2)13-16-11-17(18-21-16)14-9-6-5-7-10-14/h5-7,9-10,15-16,20H,3-4,8,11-13H2,1-2H3. The molecule has 0 fully saturated rings. The Bertz CT molecular complexity index is 447. The molecule has 0 saturated carbocycles. The molecule has 0 aliphatic carbocycles. The summed E-state index contributed by atoms with van der Waals surface area (Å²) in [5, 5.41) is 14.2. The van der Waals surface area contributed by atoms with E-state index in [9.17, 15) is 5.11 Å². The largest absolute Gasteiger partial charge is 0.392 e. The van der Waals surface area contributed by atoms with E-state index in [2.05, 4.69) is 36.0 Å². The molecule has 0 saturated heterocycles. The molecule has 1 aliphatic rings. The molecule has 116 valence electrons. The Hall–Kier alpha value is -1.39. The van der Waals surface area contributed by atoms with E-state index in [-0.39, 0.29) is 12.2 Å². The van der Waals surface area contributed by atoms with Crippen LogP contribution in [0.1, 0.15) is 38.7 Å². The number of benzene rings is 1. The topological polar surface area (TPSA) is 45.1 Å². The highest BCUT2D eigenvalue weighted by atomic mass is 16.6. The Labute approximate surface area is 127 Å². The monoisotopic (exact) mass is 290 g/mol. The molecule has 1 heterocycles. The molecule has 0 radical (unpaired) electrons. The molecule has 0 amide bonds. The molecule has 1 aromatic rings. The second-order valence-corrected chi connectivity index (χ2v) is 5.63. The maximum Gasteiger partial charge on any atom is 0.145 e. The van der Waals surface area contributed by atoms with E-state index in [1.165, 1.54) is 0 Å². The fourth-order valence-electron chi connectivity index (χ4n) is 2.67. The van der Waals surface area contributed by atoms with Crippen molar-refractivity contribution in [2.24, 2.45) is 5.16 Å². The van der Waals surface area contributed by atoms with Gasteiger partial charge in [-0.3, -0.25) is 4.90 Å². The maximum absolute atomic E-state index is 9.94. The number of nitrogens with zero attached hydrogens (tertiary/aromatic N) is 2. The third-order valence-corrected chi connectivity index (χ3v) is 3.84. The number of aliphatic hydroxyl groups excluding tert-OH is 1. The Kier molecular flexibility index (Phi) is 6.21. The highest BCUT2D eigenvalue weighted by molar-refractivity contribution is 6.01.